The van der Waals surface area contributed by atoms with E-state index in [1.807, 2.05) is 48.5 Å². The standard InChI is InChI=1S/C23H26N4O2S2/c1-15(28)24-19-11-7-5-9-17(19)13-30-21-23(3,4)27-22(26-21)31-14-18-10-6-8-12-20(18)25-16(2)29/h5-12H,13-14H2,1-4H3,(H,24,28)(H,25,29). The van der Waals surface area contributed by atoms with E-state index in [0.29, 0.717) is 11.5 Å². The number of amidine groups is 1. The highest BCUT2D eigenvalue weighted by Crippen LogP contribution is 2.34. The van der Waals surface area contributed by atoms with Crippen molar-refractivity contribution in [2.75, 3.05) is 10.6 Å². The zero-order valence-corrected chi connectivity index (χ0v) is 19.7. The lowest BCUT2D eigenvalue weighted by Crippen LogP contribution is -2.23. The first kappa shape index (κ1) is 23.1. The van der Waals surface area contributed by atoms with Gasteiger partial charge in [0, 0.05) is 36.7 Å². The van der Waals surface area contributed by atoms with Gasteiger partial charge in [0.1, 0.15) is 10.6 Å². The molecule has 0 bridgehead atoms. The minimum atomic E-state index is -0.396. The molecule has 162 valence electrons. The molecule has 0 saturated heterocycles. The molecule has 2 aromatic rings. The Morgan fingerprint density at radius 3 is 1.84 bits per heavy atom. The number of carbonyl (C=O) groups excluding carboxylic acids is 2. The highest BCUT2D eigenvalue weighted by atomic mass is 32.2. The maximum absolute atomic E-state index is 11.5. The number of anilines is 2. The van der Waals surface area contributed by atoms with Crippen LogP contribution in [0.25, 0.3) is 0 Å². The van der Waals surface area contributed by atoms with Gasteiger partial charge < -0.3 is 10.6 Å². The van der Waals surface area contributed by atoms with Gasteiger partial charge in [-0.25, -0.2) is 9.98 Å². The normalized spacial score (nSPS) is 14.6. The summed E-state index contributed by atoms with van der Waals surface area (Å²) in [4.78, 5) is 32.5. The minimum Gasteiger partial charge on any atom is -0.326 e. The number of aliphatic imine (C=N–C) groups is 2. The lowest BCUT2D eigenvalue weighted by atomic mass is 10.1. The van der Waals surface area contributed by atoms with Crippen molar-refractivity contribution in [3.05, 3.63) is 59.7 Å². The van der Waals surface area contributed by atoms with Gasteiger partial charge in [0.2, 0.25) is 11.8 Å². The summed E-state index contributed by atoms with van der Waals surface area (Å²) in [5, 5.41) is 7.43. The molecule has 0 aromatic heterocycles. The molecule has 3 rings (SSSR count). The quantitative estimate of drug-likeness (QED) is 0.619. The van der Waals surface area contributed by atoms with Crippen molar-refractivity contribution in [2.24, 2.45) is 9.98 Å². The molecule has 2 N–H and O–H groups in total. The first-order valence-corrected chi connectivity index (χ1v) is 11.9. The third-order valence-electron chi connectivity index (χ3n) is 4.47. The smallest absolute Gasteiger partial charge is 0.221 e. The first-order chi connectivity index (χ1) is 14.7. The molecule has 0 saturated carbocycles. The molecule has 0 atom stereocenters. The molecule has 0 unspecified atom stereocenters. The number of hydrogen-bond acceptors (Lipinski definition) is 6. The number of nitrogens with zero attached hydrogens (tertiary/aromatic N) is 2. The van der Waals surface area contributed by atoms with E-state index in [1.165, 1.54) is 13.8 Å². The SMILES string of the molecule is CC(=O)Nc1ccccc1CSC1=NC(C)(C)C(SCc2ccccc2NC(C)=O)=N1. The van der Waals surface area contributed by atoms with E-state index < -0.39 is 5.54 Å². The van der Waals surface area contributed by atoms with Gasteiger partial charge in [-0.3, -0.25) is 9.59 Å². The number of thioether (sulfide) groups is 2. The number of nitrogens with one attached hydrogen (secondary N) is 2. The molecule has 0 spiro atoms. The van der Waals surface area contributed by atoms with Crippen LogP contribution in [0.1, 0.15) is 38.8 Å². The number of para-hydroxylation sites is 2. The van der Waals surface area contributed by atoms with Crippen LogP contribution in [0.4, 0.5) is 11.4 Å². The monoisotopic (exact) mass is 454 g/mol. The van der Waals surface area contributed by atoms with Gasteiger partial charge in [0.15, 0.2) is 5.17 Å². The van der Waals surface area contributed by atoms with Gasteiger partial charge in [-0.1, -0.05) is 48.2 Å². The average molecular weight is 455 g/mol. The summed E-state index contributed by atoms with van der Waals surface area (Å²) in [7, 11) is 0. The van der Waals surface area contributed by atoms with Gasteiger partial charge in [-0.2, -0.15) is 0 Å². The van der Waals surface area contributed by atoms with Crippen molar-refractivity contribution >= 4 is 56.9 Å². The molecule has 1 heterocycles. The third-order valence-corrected chi connectivity index (χ3v) is 6.69. The maximum atomic E-state index is 11.5. The Kier molecular flexibility index (Phi) is 7.56. The van der Waals surface area contributed by atoms with Crippen LogP contribution < -0.4 is 10.6 Å². The summed E-state index contributed by atoms with van der Waals surface area (Å²) in [6, 6.07) is 15.5. The van der Waals surface area contributed by atoms with Crippen molar-refractivity contribution in [2.45, 2.75) is 44.7 Å². The van der Waals surface area contributed by atoms with Crippen molar-refractivity contribution in [3.8, 4) is 0 Å². The Bertz CT molecular complexity index is 1050. The van der Waals surface area contributed by atoms with Crippen LogP contribution >= 0.6 is 23.5 Å². The van der Waals surface area contributed by atoms with Gasteiger partial charge in [0.25, 0.3) is 0 Å². The van der Waals surface area contributed by atoms with E-state index in [1.54, 1.807) is 23.5 Å². The van der Waals surface area contributed by atoms with Crippen LogP contribution in [-0.4, -0.2) is 27.6 Å². The van der Waals surface area contributed by atoms with E-state index in [4.69, 9.17) is 9.98 Å². The molecule has 1 aliphatic heterocycles. The number of amides is 2. The fraction of sp³-hybridized carbons (Fsp3) is 0.304. The maximum Gasteiger partial charge on any atom is 0.221 e. The van der Waals surface area contributed by atoms with Crippen LogP contribution in [0.3, 0.4) is 0 Å². The number of hydrogen-bond donors (Lipinski definition) is 2. The Hall–Kier alpha value is -2.58. The molecule has 0 radical (unpaired) electrons. The molecule has 6 nitrogen and oxygen atoms in total. The first-order valence-electron chi connectivity index (χ1n) is 9.90. The van der Waals surface area contributed by atoms with Crippen molar-refractivity contribution in [1.29, 1.82) is 0 Å². The van der Waals surface area contributed by atoms with E-state index in [-0.39, 0.29) is 11.8 Å². The summed E-state index contributed by atoms with van der Waals surface area (Å²) < 4.78 is 0. The molecule has 2 aromatic carbocycles. The summed E-state index contributed by atoms with van der Waals surface area (Å²) in [5.41, 5.74) is 3.32. The van der Waals surface area contributed by atoms with E-state index in [2.05, 4.69) is 24.5 Å². The van der Waals surface area contributed by atoms with Gasteiger partial charge in [0.05, 0.1) is 0 Å². The number of carbonyl (C=O) groups is 2. The molecular weight excluding hydrogens is 428 g/mol. The topological polar surface area (TPSA) is 82.9 Å². The molecule has 2 amide bonds. The largest absolute Gasteiger partial charge is 0.326 e. The zero-order chi connectivity index (χ0) is 22.4. The highest BCUT2D eigenvalue weighted by molar-refractivity contribution is 8.15. The summed E-state index contributed by atoms with van der Waals surface area (Å²) >= 11 is 3.19. The van der Waals surface area contributed by atoms with E-state index in [0.717, 1.165) is 32.7 Å². The Balaban J connectivity index is 1.66. The predicted molar refractivity (Wildman–Crippen MR) is 133 cm³/mol. The fourth-order valence-electron chi connectivity index (χ4n) is 3.01. The average Bonchev–Trinajstić information content (AvgIpc) is 2.99. The van der Waals surface area contributed by atoms with Crippen molar-refractivity contribution < 1.29 is 9.59 Å². The van der Waals surface area contributed by atoms with Gasteiger partial charge in [-0.05, 0) is 37.1 Å². The fourth-order valence-corrected chi connectivity index (χ4v) is 5.15. The summed E-state index contributed by atoms with van der Waals surface area (Å²) in [6.45, 7) is 7.12. The molecular formula is C23H26N4O2S2. The molecule has 1 aliphatic rings. The third kappa shape index (κ3) is 6.45. The highest BCUT2D eigenvalue weighted by Gasteiger charge is 2.31. The van der Waals surface area contributed by atoms with E-state index >= 15 is 0 Å². The second kappa shape index (κ2) is 10.2. The van der Waals surface area contributed by atoms with Crippen LogP contribution in [0.5, 0.6) is 0 Å². The molecule has 31 heavy (non-hydrogen) atoms. The predicted octanol–water partition coefficient (Wildman–Crippen LogP) is 5.32. The van der Waals surface area contributed by atoms with Gasteiger partial charge >= 0.3 is 0 Å². The lowest BCUT2D eigenvalue weighted by Gasteiger charge is -2.17. The number of benzene rings is 2. The van der Waals surface area contributed by atoms with Crippen LogP contribution in [0, 0.1) is 0 Å². The van der Waals surface area contributed by atoms with Crippen molar-refractivity contribution in [3.63, 3.8) is 0 Å². The van der Waals surface area contributed by atoms with E-state index in [9.17, 15) is 9.59 Å². The number of rotatable bonds is 6. The minimum absolute atomic E-state index is 0.0856. The Morgan fingerprint density at radius 2 is 1.32 bits per heavy atom. The summed E-state index contributed by atoms with van der Waals surface area (Å²) in [6.07, 6.45) is 0. The Morgan fingerprint density at radius 1 is 0.839 bits per heavy atom. The molecule has 0 aliphatic carbocycles. The second-order valence-electron chi connectivity index (χ2n) is 7.62. The van der Waals surface area contributed by atoms with Crippen molar-refractivity contribution in [1.82, 2.24) is 0 Å². The Labute approximate surface area is 191 Å². The zero-order valence-electron chi connectivity index (χ0n) is 18.1. The molecule has 0 fully saturated rings. The lowest BCUT2D eigenvalue weighted by molar-refractivity contribution is -0.115. The second-order valence-corrected chi connectivity index (χ2v) is 9.53. The van der Waals surface area contributed by atoms with Gasteiger partial charge in [-0.15, -0.1) is 11.8 Å². The molecule has 8 heteroatoms. The van der Waals surface area contributed by atoms with Crippen LogP contribution in [0.2, 0.25) is 0 Å². The van der Waals surface area contributed by atoms with Crippen LogP contribution in [0.15, 0.2) is 58.5 Å². The van der Waals surface area contributed by atoms with Crippen LogP contribution in [-0.2, 0) is 21.1 Å². The summed E-state index contributed by atoms with van der Waals surface area (Å²) in [5.74, 6) is 1.18.